The highest BCUT2D eigenvalue weighted by molar-refractivity contribution is 5.20. The van der Waals surface area contributed by atoms with Gasteiger partial charge in [0.15, 0.2) is 6.29 Å². The predicted octanol–water partition coefficient (Wildman–Crippen LogP) is 7.01. The van der Waals surface area contributed by atoms with Crippen molar-refractivity contribution in [3.05, 3.63) is 144 Å². The SMILES string of the molecule is c1ccc(CO[C@@H]2[C@@H](OCc3ccccc3)[C@@H]3O[C@H]4CCC[C@@]3(O4)[C@H](OCc3ccccc3)[C@H]2OCc2ccccc2)cc1. The molecule has 1 saturated carbocycles. The fourth-order valence-corrected chi connectivity index (χ4v) is 6.88. The van der Waals surface area contributed by atoms with Crippen LogP contribution in [0.3, 0.4) is 0 Å². The summed E-state index contributed by atoms with van der Waals surface area (Å²) in [5, 5.41) is 0. The quantitative estimate of drug-likeness (QED) is 0.177. The molecule has 0 unspecified atom stereocenters. The predicted molar refractivity (Wildman–Crippen MR) is 166 cm³/mol. The maximum absolute atomic E-state index is 6.89. The zero-order valence-corrected chi connectivity index (χ0v) is 24.9. The molecule has 7 rings (SSSR count). The van der Waals surface area contributed by atoms with E-state index in [2.05, 4.69) is 48.5 Å². The van der Waals surface area contributed by atoms with Crippen molar-refractivity contribution in [1.82, 2.24) is 0 Å². The molecule has 2 heterocycles. The zero-order valence-electron chi connectivity index (χ0n) is 24.9. The smallest absolute Gasteiger partial charge is 0.159 e. The molecule has 3 fully saturated rings. The van der Waals surface area contributed by atoms with Crippen LogP contribution in [0.4, 0.5) is 0 Å². The number of hydrogen-bond donors (Lipinski definition) is 0. The van der Waals surface area contributed by atoms with Crippen molar-refractivity contribution in [3.63, 3.8) is 0 Å². The second-order valence-corrected chi connectivity index (χ2v) is 12.0. The lowest BCUT2D eigenvalue weighted by Gasteiger charge is -2.53. The van der Waals surface area contributed by atoms with Crippen LogP contribution < -0.4 is 0 Å². The molecule has 4 aromatic rings. The minimum Gasteiger partial charge on any atom is -0.368 e. The van der Waals surface area contributed by atoms with E-state index in [0.29, 0.717) is 26.4 Å². The Morgan fingerprint density at radius 2 is 0.955 bits per heavy atom. The van der Waals surface area contributed by atoms with E-state index in [1.807, 2.05) is 72.8 Å². The molecule has 7 atom stereocenters. The summed E-state index contributed by atoms with van der Waals surface area (Å²) in [7, 11) is 0. The molecular weight excluding hydrogens is 552 g/mol. The standard InChI is InChI=1S/C38H40O6/c1-5-14-28(15-6-1)24-39-33-34(40-25-29-16-7-2-8-17-29)36(42-27-31-20-11-4-12-21-31)38-23-13-22-32(44-38)43-37(38)35(33)41-26-30-18-9-3-10-19-30/h1-12,14-21,32-37H,13,22-27H2/t32-,33+,34+,35-,36-,37+,38-/m1/s1. The average molecular weight is 593 g/mol. The summed E-state index contributed by atoms with van der Waals surface area (Å²) in [4.78, 5) is 0. The molecule has 2 saturated heterocycles. The third kappa shape index (κ3) is 6.38. The third-order valence-electron chi connectivity index (χ3n) is 8.99. The van der Waals surface area contributed by atoms with Crippen LogP contribution in [0, 0.1) is 0 Å². The molecule has 6 heteroatoms. The van der Waals surface area contributed by atoms with Gasteiger partial charge in [-0.05, 0) is 41.5 Å². The highest BCUT2D eigenvalue weighted by atomic mass is 16.8. The van der Waals surface area contributed by atoms with Gasteiger partial charge in [-0.25, -0.2) is 0 Å². The second kappa shape index (κ2) is 13.7. The molecule has 3 aliphatic rings. The van der Waals surface area contributed by atoms with Crippen LogP contribution in [0.15, 0.2) is 121 Å². The molecule has 0 aromatic heterocycles. The lowest BCUT2D eigenvalue weighted by molar-refractivity contribution is -0.285. The van der Waals surface area contributed by atoms with E-state index in [1.54, 1.807) is 0 Å². The van der Waals surface area contributed by atoms with Crippen molar-refractivity contribution in [2.75, 3.05) is 0 Å². The Bertz CT molecular complexity index is 1440. The summed E-state index contributed by atoms with van der Waals surface area (Å²) in [6.45, 7) is 1.69. The summed E-state index contributed by atoms with van der Waals surface area (Å²) in [6.07, 6.45) is 0.160. The summed E-state index contributed by atoms with van der Waals surface area (Å²) in [5.74, 6) is 0. The van der Waals surface area contributed by atoms with Gasteiger partial charge in [0.2, 0.25) is 0 Å². The zero-order chi connectivity index (χ0) is 29.6. The van der Waals surface area contributed by atoms with E-state index in [1.165, 1.54) is 0 Å². The lowest BCUT2D eigenvalue weighted by Crippen LogP contribution is -2.71. The van der Waals surface area contributed by atoms with E-state index < -0.39 is 30.0 Å². The highest BCUT2D eigenvalue weighted by Crippen LogP contribution is 2.52. The van der Waals surface area contributed by atoms with Gasteiger partial charge >= 0.3 is 0 Å². The van der Waals surface area contributed by atoms with Crippen LogP contribution in [-0.4, -0.2) is 42.4 Å². The molecule has 1 aliphatic carbocycles. The molecule has 44 heavy (non-hydrogen) atoms. The van der Waals surface area contributed by atoms with Crippen molar-refractivity contribution in [3.8, 4) is 0 Å². The summed E-state index contributed by atoms with van der Waals surface area (Å²) in [6, 6.07) is 41.0. The molecule has 0 amide bonds. The van der Waals surface area contributed by atoms with Crippen LogP contribution >= 0.6 is 0 Å². The van der Waals surface area contributed by atoms with Gasteiger partial charge in [0.05, 0.1) is 26.4 Å². The number of ether oxygens (including phenoxy) is 6. The minimum absolute atomic E-state index is 0.304. The monoisotopic (exact) mass is 592 g/mol. The van der Waals surface area contributed by atoms with Crippen LogP contribution in [0.5, 0.6) is 0 Å². The van der Waals surface area contributed by atoms with Crippen LogP contribution in [0.1, 0.15) is 41.5 Å². The van der Waals surface area contributed by atoms with Crippen molar-refractivity contribution in [1.29, 1.82) is 0 Å². The second-order valence-electron chi connectivity index (χ2n) is 12.0. The fraction of sp³-hybridized carbons (Fsp3) is 0.368. The average Bonchev–Trinajstić information content (AvgIpc) is 3.35. The van der Waals surface area contributed by atoms with Crippen molar-refractivity contribution < 1.29 is 28.4 Å². The normalized spacial score (nSPS) is 29.3. The van der Waals surface area contributed by atoms with Gasteiger partial charge < -0.3 is 28.4 Å². The fourth-order valence-electron chi connectivity index (χ4n) is 6.88. The number of benzene rings is 4. The number of rotatable bonds is 12. The van der Waals surface area contributed by atoms with Gasteiger partial charge in [-0.2, -0.15) is 0 Å². The molecule has 2 aliphatic heterocycles. The molecule has 0 radical (unpaired) electrons. The number of hydrogen-bond acceptors (Lipinski definition) is 6. The van der Waals surface area contributed by atoms with Crippen LogP contribution in [0.2, 0.25) is 0 Å². The third-order valence-corrected chi connectivity index (χ3v) is 8.99. The first-order valence-electron chi connectivity index (χ1n) is 15.7. The summed E-state index contributed by atoms with van der Waals surface area (Å²) < 4.78 is 40.9. The number of fused-ring (bicyclic) bond motifs is 1. The van der Waals surface area contributed by atoms with Gasteiger partial charge in [-0.1, -0.05) is 121 Å². The molecular formula is C38H40O6. The van der Waals surface area contributed by atoms with Crippen molar-refractivity contribution >= 4 is 0 Å². The Balaban J connectivity index is 1.26. The van der Waals surface area contributed by atoms with Crippen molar-refractivity contribution in [2.45, 2.75) is 88.1 Å². The Kier molecular flexibility index (Phi) is 9.16. The summed E-state index contributed by atoms with van der Waals surface area (Å²) >= 11 is 0. The first kappa shape index (κ1) is 29.4. The molecule has 6 nitrogen and oxygen atoms in total. The van der Waals surface area contributed by atoms with Gasteiger partial charge in [0.1, 0.15) is 36.1 Å². The minimum atomic E-state index is -0.715. The Hall–Kier alpha value is -3.36. The van der Waals surface area contributed by atoms with Crippen LogP contribution in [-0.2, 0) is 54.8 Å². The summed E-state index contributed by atoms with van der Waals surface area (Å²) in [5.41, 5.74) is 3.64. The molecule has 0 N–H and O–H groups in total. The van der Waals surface area contributed by atoms with E-state index in [4.69, 9.17) is 28.4 Å². The van der Waals surface area contributed by atoms with Gasteiger partial charge in [0, 0.05) is 0 Å². The Morgan fingerprint density at radius 3 is 1.45 bits per heavy atom. The first-order chi connectivity index (χ1) is 21.8. The van der Waals surface area contributed by atoms with E-state index >= 15 is 0 Å². The Labute approximate surface area is 259 Å². The maximum atomic E-state index is 6.89. The van der Waals surface area contributed by atoms with E-state index in [9.17, 15) is 0 Å². The van der Waals surface area contributed by atoms with Gasteiger partial charge in [0.25, 0.3) is 0 Å². The van der Waals surface area contributed by atoms with Gasteiger partial charge in [-0.3, -0.25) is 0 Å². The maximum Gasteiger partial charge on any atom is 0.159 e. The highest BCUT2D eigenvalue weighted by Gasteiger charge is 2.68. The Morgan fingerprint density at radius 1 is 0.523 bits per heavy atom. The lowest BCUT2D eigenvalue weighted by atomic mass is 9.71. The molecule has 228 valence electrons. The molecule has 4 aromatic carbocycles. The van der Waals surface area contributed by atoms with E-state index in [0.717, 1.165) is 41.5 Å². The van der Waals surface area contributed by atoms with Gasteiger partial charge in [-0.15, -0.1) is 0 Å². The topological polar surface area (TPSA) is 55.4 Å². The van der Waals surface area contributed by atoms with Crippen molar-refractivity contribution in [2.24, 2.45) is 0 Å². The molecule has 1 spiro atoms. The molecule has 2 bridgehead atoms. The van der Waals surface area contributed by atoms with Crippen LogP contribution in [0.25, 0.3) is 0 Å². The van der Waals surface area contributed by atoms with E-state index in [-0.39, 0.29) is 12.4 Å². The first-order valence-corrected chi connectivity index (χ1v) is 15.7. The largest absolute Gasteiger partial charge is 0.368 e.